The molecule has 1 amide bonds. The largest absolute Gasteiger partial charge is 0.352 e. The number of halogens is 2. The van der Waals surface area contributed by atoms with Crippen LogP contribution in [0, 0.1) is 5.92 Å². The summed E-state index contributed by atoms with van der Waals surface area (Å²) < 4.78 is 0. The number of rotatable bonds is 4. The van der Waals surface area contributed by atoms with E-state index in [9.17, 15) is 4.79 Å². The first-order valence-electron chi connectivity index (χ1n) is 7.01. The Bertz CT molecular complexity index is 473. The third-order valence-electron chi connectivity index (χ3n) is 3.63. The van der Waals surface area contributed by atoms with Crippen LogP contribution in [0.2, 0.25) is 10.0 Å². The van der Waals surface area contributed by atoms with Gasteiger partial charge in [0.2, 0.25) is 5.91 Å². The third-order valence-corrected chi connectivity index (χ3v) is 4.22. The average molecular weight is 315 g/mol. The van der Waals surface area contributed by atoms with Crippen molar-refractivity contribution in [3.05, 3.63) is 33.8 Å². The maximum absolute atomic E-state index is 12.2. The van der Waals surface area contributed by atoms with E-state index in [-0.39, 0.29) is 17.9 Å². The van der Waals surface area contributed by atoms with Gasteiger partial charge >= 0.3 is 0 Å². The number of amides is 1. The van der Waals surface area contributed by atoms with E-state index < -0.39 is 0 Å². The maximum atomic E-state index is 12.2. The first-order valence-corrected chi connectivity index (χ1v) is 7.77. The van der Waals surface area contributed by atoms with E-state index in [1.165, 1.54) is 0 Å². The smallest absolute Gasteiger partial charge is 0.223 e. The van der Waals surface area contributed by atoms with Crippen LogP contribution in [0.3, 0.4) is 0 Å². The molecule has 0 aromatic heterocycles. The monoisotopic (exact) mass is 314 g/mol. The lowest BCUT2D eigenvalue weighted by atomic mass is 9.99. The molecule has 2 atom stereocenters. The van der Waals surface area contributed by atoms with Gasteiger partial charge in [0.1, 0.15) is 0 Å². The zero-order valence-electron chi connectivity index (χ0n) is 11.6. The number of benzene rings is 1. The Labute approximate surface area is 130 Å². The highest BCUT2D eigenvalue weighted by Gasteiger charge is 2.20. The second kappa shape index (κ2) is 7.30. The fraction of sp³-hybridized carbons (Fsp3) is 0.533. The second-order valence-electron chi connectivity index (χ2n) is 5.39. The highest BCUT2D eigenvalue weighted by Crippen LogP contribution is 2.23. The molecule has 1 aliphatic heterocycles. The van der Waals surface area contributed by atoms with E-state index in [4.69, 9.17) is 23.2 Å². The van der Waals surface area contributed by atoms with Gasteiger partial charge in [-0.1, -0.05) is 36.2 Å². The molecular weight excluding hydrogens is 295 g/mol. The summed E-state index contributed by atoms with van der Waals surface area (Å²) in [4.78, 5) is 12.2. The van der Waals surface area contributed by atoms with Gasteiger partial charge in [0, 0.05) is 28.5 Å². The average Bonchev–Trinajstić information content (AvgIpc) is 2.43. The zero-order chi connectivity index (χ0) is 14.5. The Morgan fingerprint density at radius 2 is 2.30 bits per heavy atom. The molecular formula is C15H20Cl2N2O. The lowest BCUT2D eigenvalue weighted by Gasteiger charge is -2.25. The van der Waals surface area contributed by atoms with Crippen LogP contribution in [0.1, 0.15) is 25.3 Å². The van der Waals surface area contributed by atoms with E-state index in [0.717, 1.165) is 31.5 Å². The number of hydrogen-bond acceptors (Lipinski definition) is 2. The van der Waals surface area contributed by atoms with Crippen LogP contribution < -0.4 is 10.6 Å². The van der Waals surface area contributed by atoms with E-state index in [0.29, 0.717) is 16.5 Å². The Kier molecular flexibility index (Phi) is 5.70. The lowest BCUT2D eigenvalue weighted by Crippen LogP contribution is -2.47. The SMILES string of the molecule is CC(Cc1ccc(Cl)cc1Cl)C(=O)NC1CCCNC1. The summed E-state index contributed by atoms with van der Waals surface area (Å²) in [7, 11) is 0. The molecule has 5 heteroatoms. The van der Waals surface area contributed by atoms with E-state index in [1.807, 2.05) is 13.0 Å². The molecule has 1 aromatic rings. The summed E-state index contributed by atoms with van der Waals surface area (Å²) in [5.41, 5.74) is 0.959. The molecule has 3 nitrogen and oxygen atoms in total. The lowest BCUT2D eigenvalue weighted by molar-refractivity contribution is -0.125. The topological polar surface area (TPSA) is 41.1 Å². The second-order valence-corrected chi connectivity index (χ2v) is 6.24. The van der Waals surface area contributed by atoms with Gasteiger partial charge in [0.25, 0.3) is 0 Å². The summed E-state index contributed by atoms with van der Waals surface area (Å²) in [6.45, 7) is 3.83. The predicted molar refractivity (Wildman–Crippen MR) is 83.4 cm³/mol. The van der Waals surface area contributed by atoms with Crippen molar-refractivity contribution < 1.29 is 4.79 Å². The van der Waals surface area contributed by atoms with Crippen LogP contribution in [-0.2, 0) is 11.2 Å². The van der Waals surface area contributed by atoms with Gasteiger partial charge in [0.05, 0.1) is 0 Å². The van der Waals surface area contributed by atoms with Crippen molar-refractivity contribution in [2.24, 2.45) is 5.92 Å². The molecule has 0 spiro atoms. The fourth-order valence-electron chi connectivity index (χ4n) is 2.43. The van der Waals surface area contributed by atoms with Crippen molar-refractivity contribution in [3.8, 4) is 0 Å². The standard InChI is InChI=1S/C15H20Cl2N2O/c1-10(7-11-4-5-12(16)8-14(11)17)15(20)19-13-3-2-6-18-9-13/h4-5,8,10,13,18H,2-3,6-7,9H2,1H3,(H,19,20). The molecule has 1 aliphatic rings. The molecule has 1 saturated heterocycles. The van der Waals surface area contributed by atoms with Crippen molar-refractivity contribution in [1.29, 1.82) is 0 Å². The van der Waals surface area contributed by atoms with E-state index >= 15 is 0 Å². The van der Waals surface area contributed by atoms with E-state index in [1.54, 1.807) is 12.1 Å². The van der Waals surface area contributed by atoms with Crippen LogP contribution in [0.5, 0.6) is 0 Å². The Balaban J connectivity index is 1.89. The minimum Gasteiger partial charge on any atom is -0.352 e. The van der Waals surface area contributed by atoms with Gasteiger partial charge in [-0.15, -0.1) is 0 Å². The maximum Gasteiger partial charge on any atom is 0.223 e. The van der Waals surface area contributed by atoms with Crippen LogP contribution in [0.15, 0.2) is 18.2 Å². The number of piperidine rings is 1. The molecule has 20 heavy (non-hydrogen) atoms. The molecule has 0 saturated carbocycles. The minimum atomic E-state index is -0.101. The molecule has 0 bridgehead atoms. The van der Waals surface area contributed by atoms with Crippen molar-refractivity contribution in [3.63, 3.8) is 0 Å². The van der Waals surface area contributed by atoms with Crippen LogP contribution in [0.4, 0.5) is 0 Å². The van der Waals surface area contributed by atoms with Crippen molar-refractivity contribution in [2.45, 2.75) is 32.2 Å². The zero-order valence-corrected chi connectivity index (χ0v) is 13.1. The van der Waals surface area contributed by atoms with Gasteiger partial charge in [-0.25, -0.2) is 0 Å². The van der Waals surface area contributed by atoms with Crippen molar-refractivity contribution >= 4 is 29.1 Å². The fourth-order valence-corrected chi connectivity index (χ4v) is 2.91. The number of hydrogen-bond donors (Lipinski definition) is 2. The number of nitrogens with one attached hydrogen (secondary N) is 2. The Morgan fingerprint density at radius 3 is 2.95 bits per heavy atom. The first-order chi connectivity index (χ1) is 9.56. The Morgan fingerprint density at radius 1 is 1.50 bits per heavy atom. The van der Waals surface area contributed by atoms with Crippen LogP contribution in [-0.4, -0.2) is 25.0 Å². The molecule has 2 N–H and O–H groups in total. The molecule has 2 rings (SSSR count). The molecule has 1 heterocycles. The first kappa shape index (κ1) is 15.6. The van der Waals surface area contributed by atoms with Crippen molar-refractivity contribution in [2.75, 3.05) is 13.1 Å². The molecule has 0 aliphatic carbocycles. The quantitative estimate of drug-likeness (QED) is 0.897. The van der Waals surface area contributed by atoms with Crippen molar-refractivity contribution in [1.82, 2.24) is 10.6 Å². The summed E-state index contributed by atoms with van der Waals surface area (Å²) in [6.07, 6.45) is 2.79. The third kappa shape index (κ3) is 4.37. The molecule has 1 aromatic carbocycles. The molecule has 1 fully saturated rings. The van der Waals surface area contributed by atoms with Gasteiger partial charge in [-0.3, -0.25) is 4.79 Å². The highest BCUT2D eigenvalue weighted by atomic mass is 35.5. The predicted octanol–water partition coefficient (Wildman–Crippen LogP) is 3.04. The summed E-state index contributed by atoms with van der Waals surface area (Å²) in [5.74, 6) is -0.0136. The highest BCUT2D eigenvalue weighted by molar-refractivity contribution is 6.35. The van der Waals surface area contributed by atoms with Gasteiger partial charge in [-0.05, 0) is 43.5 Å². The summed E-state index contributed by atoms with van der Waals surface area (Å²) >= 11 is 12.0. The Hall–Kier alpha value is -0.770. The summed E-state index contributed by atoms with van der Waals surface area (Å²) in [6, 6.07) is 5.66. The molecule has 0 radical (unpaired) electrons. The van der Waals surface area contributed by atoms with Gasteiger partial charge in [0.15, 0.2) is 0 Å². The van der Waals surface area contributed by atoms with Gasteiger partial charge in [-0.2, -0.15) is 0 Å². The van der Waals surface area contributed by atoms with E-state index in [2.05, 4.69) is 10.6 Å². The molecule has 2 unspecified atom stereocenters. The van der Waals surface area contributed by atoms with Gasteiger partial charge < -0.3 is 10.6 Å². The molecule has 110 valence electrons. The normalized spacial score (nSPS) is 20.4. The summed E-state index contributed by atoms with van der Waals surface area (Å²) in [5, 5.41) is 7.63. The number of carbonyl (C=O) groups excluding carboxylic acids is 1. The van der Waals surface area contributed by atoms with Crippen LogP contribution in [0.25, 0.3) is 0 Å². The minimum absolute atomic E-state index is 0.0877. The number of carbonyl (C=O) groups is 1. The van der Waals surface area contributed by atoms with Crippen LogP contribution >= 0.6 is 23.2 Å².